The number of hydrogen-bond donors (Lipinski definition) is 3. The summed E-state index contributed by atoms with van der Waals surface area (Å²) in [6, 6.07) is 5.85. The van der Waals surface area contributed by atoms with Crippen molar-refractivity contribution in [3.63, 3.8) is 0 Å². The Kier molecular flexibility index (Phi) is 6.50. The van der Waals surface area contributed by atoms with Gasteiger partial charge in [-0.1, -0.05) is 23.8 Å². The van der Waals surface area contributed by atoms with Gasteiger partial charge in [0.25, 0.3) is 0 Å². The molecule has 0 bridgehead atoms. The molecule has 1 aliphatic carbocycles. The van der Waals surface area contributed by atoms with Gasteiger partial charge in [0.2, 0.25) is 0 Å². The predicted molar refractivity (Wildman–Crippen MR) is 106 cm³/mol. The second-order valence-electron chi connectivity index (χ2n) is 7.40. The van der Waals surface area contributed by atoms with Gasteiger partial charge < -0.3 is 20.6 Å². The van der Waals surface area contributed by atoms with Crippen LogP contribution in [0.1, 0.15) is 49.3 Å². The molecular formula is C21H29N3O3. The molecule has 0 aromatic heterocycles. The molecule has 1 aromatic rings. The third-order valence-corrected chi connectivity index (χ3v) is 5.40. The molecule has 146 valence electrons. The summed E-state index contributed by atoms with van der Waals surface area (Å²) in [5, 5.41) is 15.5. The standard InChI is InChI=1S/C21H29N3O3/c1-24-12-10-16-13-17(7-8-18(16)24)19(25)14-23-21(27)20(26)22-11-9-15-5-3-2-4-6-15/h5,7-8,13,19,25H,2-4,6,9-12,14H2,1H3,(H,22,26)(H,23,27)/t19-/m1/s1. The third kappa shape index (κ3) is 5.10. The molecule has 0 fully saturated rings. The molecule has 0 unspecified atom stereocenters. The Morgan fingerprint density at radius 1 is 1.19 bits per heavy atom. The van der Waals surface area contributed by atoms with Crippen LogP contribution >= 0.6 is 0 Å². The fourth-order valence-electron chi connectivity index (χ4n) is 3.73. The van der Waals surface area contributed by atoms with Crippen LogP contribution in [0.3, 0.4) is 0 Å². The zero-order chi connectivity index (χ0) is 19.2. The highest BCUT2D eigenvalue weighted by Gasteiger charge is 2.19. The van der Waals surface area contributed by atoms with E-state index in [4.69, 9.17) is 0 Å². The van der Waals surface area contributed by atoms with Gasteiger partial charge in [0, 0.05) is 32.4 Å². The van der Waals surface area contributed by atoms with Crippen molar-refractivity contribution in [1.82, 2.24) is 10.6 Å². The number of hydrogen-bond acceptors (Lipinski definition) is 4. The van der Waals surface area contributed by atoms with Crippen molar-refractivity contribution in [1.29, 1.82) is 0 Å². The van der Waals surface area contributed by atoms with Gasteiger partial charge in [-0.15, -0.1) is 0 Å². The van der Waals surface area contributed by atoms with Crippen molar-refractivity contribution in [3.05, 3.63) is 41.0 Å². The normalized spacial score (nSPS) is 17.1. The molecule has 6 heteroatoms. The SMILES string of the molecule is CN1CCc2cc([C@H](O)CNC(=O)C(=O)NCCC3=CCCCC3)ccc21. The van der Waals surface area contributed by atoms with E-state index in [0.717, 1.165) is 37.8 Å². The number of benzene rings is 1. The van der Waals surface area contributed by atoms with Gasteiger partial charge in [-0.3, -0.25) is 9.59 Å². The number of anilines is 1. The molecule has 0 saturated heterocycles. The van der Waals surface area contributed by atoms with Crippen LogP contribution in [0, 0.1) is 0 Å². The summed E-state index contributed by atoms with van der Waals surface area (Å²) in [5.41, 5.74) is 4.51. The monoisotopic (exact) mass is 371 g/mol. The quantitative estimate of drug-likeness (QED) is 0.526. The zero-order valence-electron chi connectivity index (χ0n) is 16.0. The molecule has 0 spiro atoms. The summed E-state index contributed by atoms with van der Waals surface area (Å²) in [5.74, 6) is -1.35. The van der Waals surface area contributed by atoms with Crippen LogP contribution in [-0.2, 0) is 16.0 Å². The van der Waals surface area contributed by atoms with Gasteiger partial charge in [0.1, 0.15) is 0 Å². The third-order valence-electron chi connectivity index (χ3n) is 5.40. The summed E-state index contributed by atoms with van der Waals surface area (Å²) in [7, 11) is 2.05. The van der Waals surface area contributed by atoms with Crippen LogP contribution in [0.4, 0.5) is 5.69 Å². The lowest BCUT2D eigenvalue weighted by Crippen LogP contribution is -2.41. The molecule has 3 N–H and O–H groups in total. The molecule has 1 heterocycles. The zero-order valence-corrected chi connectivity index (χ0v) is 16.0. The number of aliphatic hydroxyl groups is 1. The molecule has 1 atom stereocenters. The highest BCUT2D eigenvalue weighted by Crippen LogP contribution is 2.29. The van der Waals surface area contributed by atoms with Crippen molar-refractivity contribution in [2.24, 2.45) is 0 Å². The number of fused-ring (bicyclic) bond motifs is 1. The summed E-state index contributed by atoms with van der Waals surface area (Å²) < 4.78 is 0. The van der Waals surface area contributed by atoms with Crippen molar-refractivity contribution >= 4 is 17.5 Å². The Morgan fingerprint density at radius 2 is 2.00 bits per heavy atom. The molecule has 0 radical (unpaired) electrons. The van der Waals surface area contributed by atoms with Crippen LogP contribution in [0.2, 0.25) is 0 Å². The summed E-state index contributed by atoms with van der Waals surface area (Å²) in [6.07, 6.45) is 7.80. The van der Waals surface area contributed by atoms with Crippen molar-refractivity contribution in [2.45, 2.75) is 44.6 Å². The van der Waals surface area contributed by atoms with Crippen LogP contribution in [0.15, 0.2) is 29.8 Å². The minimum absolute atomic E-state index is 0.0199. The topological polar surface area (TPSA) is 81.7 Å². The molecule has 0 saturated carbocycles. The summed E-state index contributed by atoms with van der Waals surface area (Å²) >= 11 is 0. The number of allylic oxidation sites excluding steroid dienone is 1. The number of nitrogens with one attached hydrogen (secondary N) is 2. The largest absolute Gasteiger partial charge is 0.387 e. The number of carbonyl (C=O) groups excluding carboxylic acids is 2. The summed E-state index contributed by atoms with van der Waals surface area (Å²) in [4.78, 5) is 26.0. The Hall–Kier alpha value is -2.34. The van der Waals surface area contributed by atoms with Gasteiger partial charge >= 0.3 is 11.8 Å². The van der Waals surface area contributed by atoms with Gasteiger partial charge in [-0.2, -0.15) is 0 Å². The smallest absolute Gasteiger partial charge is 0.309 e. The second kappa shape index (κ2) is 9.04. The van der Waals surface area contributed by atoms with Crippen molar-refractivity contribution in [3.8, 4) is 0 Å². The number of aliphatic hydroxyl groups excluding tert-OH is 1. The lowest BCUT2D eigenvalue weighted by molar-refractivity contribution is -0.139. The van der Waals surface area contributed by atoms with E-state index in [1.54, 1.807) is 0 Å². The fourth-order valence-corrected chi connectivity index (χ4v) is 3.73. The second-order valence-corrected chi connectivity index (χ2v) is 7.40. The molecule has 1 aromatic carbocycles. The summed E-state index contributed by atoms with van der Waals surface area (Å²) in [6.45, 7) is 1.47. The first kappa shape index (κ1) is 19.4. The van der Waals surface area contributed by atoms with Crippen molar-refractivity contribution in [2.75, 3.05) is 31.6 Å². The maximum Gasteiger partial charge on any atom is 0.309 e. The maximum atomic E-state index is 11.9. The highest BCUT2D eigenvalue weighted by molar-refractivity contribution is 6.35. The molecule has 2 amide bonds. The number of carbonyl (C=O) groups is 2. The van der Waals surface area contributed by atoms with E-state index in [2.05, 4.69) is 21.6 Å². The van der Waals surface area contributed by atoms with Crippen molar-refractivity contribution < 1.29 is 14.7 Å². The Morgan fingerprint density at radius 3 is 2.78 bits per heavy atom. The molecular weight excluding hydrogens is 342 g/mol. The van der Waals surface area contributed by atoms with E-state index < -0.39 is 17.9 Å². The number of rotatable bonds is 6. The molecule has 3 rings (SSSR count). The Bertz CT molecular complexity index is 729. The maximum absolute atomic E-state index is 11.9. The number of nitrogens with zero attached hydrogens (tertiary/aromatic N) is 1. The number of likely N-dealkylation sites (N-methyl/N-ethyl adjacent to an activating group) is 1. The lowest BCUT2D eigenvalue weighted by atomic mass is 9.97. The predicted octanol–water partition coefficient (Wildman–Crippen LogP) is 1.84. The highest BCUT2D eigenvalue weighted by atomic mass is 16.3. The van der Waals surface area contributed by atoms with Gasteiger partial charge in [-0.25, -0.2) is 0 Å². The van der Waals surface area contributed by atoms with Crippen LogP contribution in [0.5, 0.6) is 0 Å². The van der Waals surface area contributed by atoms with Gasteiger partial charge in [0.15, 0.2) is 0 Å². The Labute approximate surface area is 160 Å². The van der Waals surface area contributed by atoms with Gasteiger partial charge in [-0.05, 0) is 55.7 Å². The minimum Gasteiger partial charge on any atom is -0.387 e. The fraction of sp³-hybridized carbons (Fsp3) is 0.524. The van der Waals surface area contributed by atoms with E-state index in [1.165, 1.54) is 29.7 Å². The average molecular weight is 371 g/mol. The minimum atomic E-state index is -0.828. The van der Waals surface area contributed by atoms with Crippen LogP contribution in [0.25, 0.3) is 0 Å². The molecule has 27 heavy (non-hydrogen) atoms. The van der Waals surface area contributed by atoms with E-state index in [1.807, 2.05) is 25.2 Å². The number of amides is 2. The first-order valence-corrected chi connectivity index (χ1v) is 9.80. The van der Waals surface area contributed by atoms with E-state index in [9.17, 15) is 14.7 Å². The average Bonchev–Trinajstić information content (AvgIpc) is 3.06. The Balaban J connectivity index is 1.41. The first-order chi connectivity index (χ1) is 13.0. The van der Waals surface area contributed by atoms with E-state index in [0.29, 0.717) is 6.54 Å². The van der Waals surface area contributed by atoms with Gasteiger partial charge in [0.05, 0.1) is 6.10 Å². The molecule has 1 aliphatic heterocycles. The van der Waals surface area contributed by atoms with Crippen LogP contribution in [-0.4, -0.2) is 43.6 Å². The molecule has 6 nitrogen and oxygen atoms in total. The first-order valence-electron chi connectivity index (χ1n) is 9.80. The van der Waals surface area contributed by atoms with E-state index >= 15 is 0 Å². The van der Waals surface area contributed by atoms with Crippen LogP contribution < -0.4 is 15.5 Å². The molecule has 2 aliphatic rings. The van der Waals surface area contributed by atoms with E-state index in [-0.39, 0.29) is 6.54 Å². The lowest BCUT2D eigenvalue weighted by Gasteiger charge is -2.16.